The number of hydrogen-bond donors (Lipinski definition) is 1. The minimum Gasteiger partial charge on any atom is -0.444 e. The van der Waals surface area contributed by atoms with E-state index in [1.165, 1.54) is 11.1 Å². The first-order valence-electron chi connectivity index (χ1n) is 6.00. The highest BCUT2D eigenvalue weighted by molar-refractivity contribution is 9.10. The lowest BCUT2D eigenvalue weighted by atomic mass is 10.1. The number of ether oxygens (including phenoxy) is 1. The van der Waals surface area contributed by atoms with Crippen molar-refractivity contribution in [2.45, 2.75) is 39.7 Å². The lowest BCUT2D eigenvalue weighted by molar-refractivity contribution is 0.0528. The molecule has 0 saturated heterocycles. The van der Waals surface area contributed by atoms with Gasteiger partial charge in [-0.25, -0.2) is 4.79 Å². The molecule has 0 bridgehead atoms. The van der Waals surface area contributed by atoms with Crippen LogP contribution in [0.3, 0.4) is 0 Å². The largest absolute Gasteiger partial charge is 0.444 e. The van der Waals surface area contributed by atoms with Gasteiger partial charge in [0.2, 0.25) is 0 Å². The summed E-state index contributed by atoms with van der Waals surface area (Å²) >= 11 is 3.43. The zero-order valence-corrected chi connectivity index (χ0v) is 12.9. The van der Waals surface area contributed by atoms with Crippen molar-refractivity contribution in [3.05, 3.63) is 33.8 Å². The zero-order chi connectivity index (χ0) is 13.8. The van der Waals surface area contributed by atoms with Crippen molar-refractivity contribution in [2.24, 2.45) is 0 Å². The molecule has 18 heavy (non-hydrogen) atoms. The molecular formula is C14H20BrNO2. The van der Waals surface area contributed by atoms with Crippen LogP contribution in [0.15, 0.2) is 22.7 Å². The van der Waals surface area contributed by atoms with Gasteiger partial charge in [-0.05, 0) is 57.4 Å². The van der Waals surface area contributed by atoms with Gasteiger partial charge >= 0.3 is 6.09 Å². The Morgan fingerprint density at radius 1 is 1.39 bits per heavy atom. The number of hydrogen-bond acceptors (Lipinski definition) is 2. The molecule has 0 aliphatic carbocycles. The summed E-state index contributed by atoms with van der Waals surface area (Å²) in [6.45, 7) is 8.20. The Hall–Kier alpha value is -1.03. The molecule has 0 aliphatic rings. The molecule has 0 radical (unpaired) electrons. The Balaban J connectivity index is 2.40. The second kappa shape index (κ2) is 6.23. The van der Waals surface area contributed by atoms with E-state index in [0.717, 1.165) is 10.9 Å². The van der Waals surface area contributed by atoms with Crippen LogP contribution >= 0.6 is 15.9 Å². The van der Waals surface area contributed by atoms with Crippen LogP contribution in [-0.4, -0.2) is 18.2 Å². The monoisotopic (exact) mass is 313 g/mol. The van der Waals surface area contributed by atoms with Gasteiger partial charge in [-0.2, -0.15) is 0 Å². The van der Waals surface area contributed by atoms with Crippen molar-refractivity contribution in [1.29, 1.82) is 0 Å². The molecule has 0 spiro atoms. The van der Waals surface area contributed by atoms with E-state index in [0.29, 0.717) is 6.54 Å². The molecule has 1 amide bonds. The molecule has 0 aliphatic heterocycles. The zero-order valence-electron chi connectivity index (χ0n) is 11.3. The SMILES string of the molecule is Cc1cc(Br)ccc1CCNC(=O)OC(C)(C)C. The minimum atomic E-state index is -0.447. The Bertz CT molecular complexity index is 424. The Morgan fingerprint density at radius 2 is 2.06 bits per heavy atom. The van der Waals surface area contributed by atoms with Gasteiger partial charge in [0.05, 0.1) is 0 Å². The predicted molar refractivity (Wildman–Crippen MR) is 76.8 cm³/mol. The Kier molecular flexibility index (Phi) is 5.20. The molecule has 100 valence electrons. The van der Waals surface area contributed by atoms with Crippen LogP contribution in [0.2, 0.25) is 0 Å². The Labute approximate surface area is 117 Å². The number of benzene rings is 1. The average Bonchev–Trinajstić information content (AvgIpc) is 2.18. The molecule has 1 aromatic carbocycles. The average molecular weight is 314 g/mol. The summed E-state index contributed by atoms with van der Waals surface area (Å²) in [5, 5.41) is 2.76. The van der Waals surface area contributed by atoms with Gasteiger partial charge in [-0.15, -0.1) is 0 Å². The highest BCUT2D eigenvalue weighted by Gasteiger charge is 2.15. The molecular weight excluding hydrogens is 294 g/mol. The molecule has 4 heteroatoms. The van der Waals surface area contributed by atoms with E-state index in [1.807, 2.05) is 26.8 Å². The summed E-state index contributed by atoms with van der Waals surface area (Å²) in [7, 11) is 0. The van der Waals surface area contributed by atoms with Crippen molar-refractivity contribution in [2.75, 3.05) is 6.54 Å². The molecule has 0 fully saturated rings. The standard InChI is InChI=1S/C14H20BrNO2/c1-10-9-12(15)6-5-11(10)7-8-16-13(17)18-14(2,3)4/h5-6,9H,7-8H2,1-4H3,(H,16,17). The second-order valence-electron chi connectivity index (χ2n) is 5.25. The number of carbonyl (C=O) groups is 1. The van der Waals surface area contributed by atoms with E-state index in [1.54, 1.807) is 0 Å². The summed E-state index contributed by atoms with van der Waals surface area (Å²) in [4.78, 5) is 11.4. The van der Waals surface area contributed by atoms with Crippen molar-refractivity contribution < 1.29 is 9.53 Å². The van der Waals surface area contributed by atoms with E-state index >= 15 is 0 Å². The number of amides is 1. The topological polar surface area (TPSA) is 38.3 Å². The first kappa shape index (κ1) is 15.0. The lowest BCUT2D eigenvalue weighted by Crippen LogP contribution is -2.33. The van der Waals surface area contributed by atoms with Crippen molar-refractivity contribution in [3.8, 4) is 0 Å². The molecule has 1 N–H and O–H groups in total. The third-order valence-electron chi connectivity index (χ3n) is 2.37. The fraction of sp³-hybridized carbons (Fsp3) is 0.500. The van der Waals surface area contributed by atoms with Gasteiger partial charge in [0, 0.05) is 11.0 Å². The number of aryl methyl sites for hydroxylation is 1. The van der Waals surface area contributed by atoms with Crippen molar-refractivity contribution in [1.82, 2.24) is 5.32 Å². The van der Waals surface area contributed by atoms with E-state index in [4.69, 9.17) is 4.74 Å². The number of nitrogens with one attached hydrogen (secondary N) is 1. The molecule has 1 rings (SSSR count). The first-order chi connectivity index (χ1) is 8.28. The third kappa shape index (κ3) is 5.54. The molecule has 0 atom stereocenters. The van der Waals surface area contributed by atoms with E-state index in [2.05, 4.69) is 40.3 Å². The number of halogens is 1. The first-order valence-corrected chi connectivity index (χ1v) is 6.79. The van der Waals surface area contributed by atoms with Gasteiger partial charge in [-0.3, -0.25) is 0 Å². The highest BCUT2D eigenvalue weighted by Crippen LogP contribution is 2.16. The molecule has 1 aromatic rings. The summed E-state index contributed by atoms with van der Waals surface area (Å²) < 4.78 is 6.24. The van der Waals surface area contributed by atoms with E-state index in [9.17, 15) is 4.79 Å². The molecule has 3 nitrogen and oxygen atoms in total. The predicted octanol–water partition coefficient (Wildman–Crippen LogP) is 3.82. The van der Waals surface area contributed by atoms with Crippen LogP contribution in [0.1, 0.15) is 31.9 Å². The number of carbonyl (C=O) groups excluding carboxylic acids is 1. The van der Waals surface area contributed by atoms with Crippen LogP contribution in [-0.2, 0) is 11.2 Å². The van der Waals surface area contributed by atoms with Gasteiger partial charge in [0.1, 0.15) is 5.60 Å². The summed E-state index contributed by atoms with van der Waals surface area (Å²) in [5.41, 5.74) is 2.00. The quantitative estimate of drug-likeness (QED) is 0.921. The van der Waals surface area contributed by atoms with Gasteiger partial charge < -0.3 is 10.1 Å². The molecule has 0 unspecified atom stereocenters. The molecule has 0 saturated carbocycles. The Morgan fingerprint density at radius 3 is 2.61 bits per heavy atom. The summed E-state index contributed by atoms with van der Waals surface area (Å²) in [6, 6.07) is 6.15. The smallest absolute Gasteiger partial charge is 0.407 e. The molecule has 0 aromatic heterocycles. The number of alkyl carbamates (subject to hydrolysis) is 1. The third-order valence-corrected chi connectivity index (χ3v) is 2.86. The maximum Gasteiger partial charge on any atom is 0.407 e. The lowest BCUT2D eigenvalue weighted by Gasteiger charge is -2.19. The highest BCUT2D eigenvalue weighted by atomic mass is 79.9. The maximum absolute atomic E-state index is 11.4. The van der Waals surface area contributed by atoms with Crippen LogP contribution in [0.5, 0.6) is 0 Å². The van der Waals surface area contributed by atoms with Crippen molar-refractivity contribution >= 4 is 22.0 Å². The van der Waals surface area contributed by atoms with E-state index < -0.39 is 5.60 Å². The van der Waals surface area contributed by atoms with E-state index in [-0.39, 0.29) is 6.09 Å². The van der Waals surface area contributed by atoms with Crippen molar-refractivity contribution in [3.63, 3.8) is 0 Å². The fourth-order valence-corrected chi connectivity index (χ4v) is 2.03. The fourth-order valence-electron chi connectivity index (χ4n) is 1.55. The van der Waals surface area contributed by atoms with Crippen LogP contribution < -0.4 is 5.32 Å². The summed E-state index contributed by atoms with van der Waals surface area (Å²) in [5.74, 6) is 0. The maximum atomic E-state index is 11.4. The van der Waals surface area contributed by atoms with Crippen LogP contribution in [0.25, 0.3) is 0 Å². The summed E-state index contributed by atoms with van der Waals surface area (Å²) in [6.07, 6.45) is 0.440. The van der Waals surface area contributed by atoms with Crippen LogP contribution in [0.4, 0.5) is 4.79 Å². The number of rotatable bonds is 3. The van der Waals surface area contributed by atoms with Crippen LogP contribution in [0, 0.1) is 6.92 Å². The minimum absolute atomic E-state index is 0.364. The second-order valence-corrected chi connectivity index (χ2v) is 6.17. The van der Waals surface area contributed by atoms with Gasteiger partial charge in [0.15, 0.2) is 0 Å². The normalized spacial score (nSPS) is 11.2. The van der Waals surface area contributed by atoms with Gasteiger partial charge in [0.25, 0.3) is 0 Å². The van der Waals surface area contributed by atoms with Gasteiger partial charge in [-0.1, -0.05) is 22.0 Å². The molecule has 0 heterocycles.